The quantitative estimate of drug-likeness (QED) is 0.627. The third-order valence-corrected chi connectivity index (χ3v) is 6.36. The molecule has 0 unspecified atom stereocenters. The van der Waals surface area contributed by atoms with E-state index < -0.39 is 0 Å². The Morgan fingerprint density at radius 3 is 2.67 bits per heavy atom. The molecule has 2 heterocycles. The number of carbonyl (C=O) groups is 1. The summed E-state index contributed by atoms with van der Waals surface area (Å²) in [7, 11) is 3.28. The van der Waals surface area contributed by atoms with E-state index in [1.807, 2.05) is 24.3 Å². The summed E-state index contributed by atoms with van der Waals surface area (Å²) in [5.41, 5.74) is 1.55. The minimum Gasteiger partial charge on any atom is -0.497 e. The molecule has 8 heteroatoms. The van der Waals surface area contributed by atoms with Gasteiger partial charge < -0.3 is 19.7 Å². The lowest BCUT2D eigenvalue weighted by molar-refractivity contribution is 0.0947. The topological polar surface area (TPSA) is 66.9 Å². The van der Waals surface area contributed by atoms with Crippen LogP contribution in [-0.4, -0.2) is 69.3 Å². The van der Waals surface area contributed by atoms with Gasteiger partial charge in [0.2, 0.25) is 0 Å². The fourth-order valence-corrected chi connectivity index (χ4v) is 4.60. The van der Waals surface area contributed by atoms with Gasteiger partial charge in [-0.05, 0) is 30.3 Å². The molecule has 1 aromatic heterocycles. The third kappa shape index (κ3) is 4.49. The number of anilines is 1. The Morgan fingerprint density at radius 2 is 1.90 bits per heavy atom. The zero-order valence-electron chi connectivity index (χ0n) is 17.3. The molecule has 2 aromatic carbocycles. The molecule has 1 amide bonds. The molecule has 3 aromatic rings. The number of nitrogens with zero attached hydrogens (tertiary/aromatic N) is 3. The fourth-order valence-electron chi connectivity index (χ4n) is 3.57. The van der Waals surface area contributed by atoms with Gasteiger partial charge in [0, 0.05) is 44.8 Å². The van der Waals surface area contributed by atoms with Crippen LogP contribution in [0.2, 0.25) is 0 Å². The molecule has 0 saturated carbocycles. The smallest absolute Gasteiger partial charge is 0.251 e. The van der Waals surface area contributed by atoms with Gasteiger partial charge in [-0.2, -0.15) is 0 Å². The maximum Gasteiger partial charge on any atom is 0.251 e. The lowest BCUT2D eigenvalue weighted by Crippen LogP contribution is -2.48. The molecule has 1 N–H and O–H groups in total. The van der Waals surface area contributed by atoms with E-state index in [4.69, 9.17) is 14.5 Å². The number of hydrogen-bond donors (Lipinski definition) is 1. The van der Waals surface area contributed by atoms with Gasteiger partial charge in [-0.15, -0.1) is 0 Å². The molecule has 0 spiro atoms. The number of para-hydroxylation sites is 1. The number of thiazole rings is 1. The van der Waals surface area contributed by atoms with E-state index in [2.05, 4.69) is 21.2 Å². The Morgan fingerprint density at radius 1 is 1.10 bits per heavy atom. The van der Waals surface area contributed by atoms with E-state index in [0.717, 1.165) is 53.8 Å². The largest absolute Gasteiger partial charge is 0.497 e. The van der Waals surface area contributed by atoms with Crippen molar-refractivity contribution in [1.29, 1.82) is 0 Å². The van der Waals surface area contributed by atoms with Gasteiger partial charge in [-0.25, -0.2) is 4.98 Å². The lowest BCUT2D eigenvalue weighted by atomic mass is 10.2. The van der Waals surface area contributed by atoms with Crippen LogP contribution in [0.4, 0.5) is 5.13 Å². The summed E-state index contributed by atoms with van der Waals surface area (Å²) in [5.74, 6) is 1.43. The molecule has 0 radical (unpaired) electrons. The highest BCUT2D eigenvalue weighted by Crippen LogP contribution is 2.34. The number of rotatable bonds is 7. The number of ether oxygens (including phenoxy) is 2. The van der Waals surface area contributed by atoms with Crippen molar-refractivity contribution in [3.05, 3.63) is 48.0 Å². The molecule has 4 rings (SSSR count). The van der Waals surface area contributed by atoms with Crippen molar-refractivity contribution in [2.75, 3.05) is 58.4 Å². The minimum atomic E-state index is -0.0732. The summed E-state index contributed by atoms with van der Waals surface area (Å²) in [6, 6.07) is 13.2. The van der Waals surface area contributed by atoms with Gasteiger partial charge in [-0.1, -0.05) is 23.5 Å². The first-order chi connectivity index (χ1) is 14.7. The van der Waals surface area contributed by atoms with Gasteiger partial charge in [0.1, 0.15) is 17.0 Å². The maximum absolute atomic E-state index is 12.3. The monoisotopic (exact) mass is 426 g/mol. The first-order valence-corrected chi connectivity index (χ1v) is 10.8. The van der Waals surface area contributed by atoms with Crippen LogP contribution in [0.15, 0.2) is 42.5 Å². The zero-order valence-corrected chi connectivity index (χ0v) is 18.1. The highest BCUT2D eigenvalue weighted by atomic mass is 32.1. The summed E-state index contributed by atoms with van der Waals surface area (Å²) in [6.07, 6.45) is 0. The van der Waals surface area contributed by atoms with Crippen molar-refractivity contribution >= 4 is 32.6 Å². The van der Waals surface area contributed by atoms with Gasteiger partial charge in [0.25, 0.3) is 5.91 Å². The minimum absolute atomic E-state index is 0.0732. The number of methoxy groups -OCH3 is 2. The van der Waals surface area contributed by atoms with Crippen LogP contribution < -0.4 is 19.7 Å². The van der Waals surface area contributed by atoms with E-state index in [0.29, 0.717) is 17.9 Å². The van der Waals surface area contributed by atoms with Gasteiger partial charge >= 0.3 is 0 Å². The molecule has 0 aliphatic carbocycles. The van der Waals surface area contributed by atoms with Crippen molar-refractivity contribution in [3.8, 4) is 11.5 Å². The van der Waals surface area contributed by atoms with Crippen molar-refractivity contribution < 1.29 is 14.3 Å². The van der Waals surface area contributed by atoms with Crippen molar-refractivity contribution in [1.82, 2.24) is 15.2 Å². The first-order valence-electron chi connectivity index (χ1n) is 10.0. The van der Waals surface area contributed by atoms with Crippen LogP contribution in [0.3, 0.4) is 0 Å². The number of amides is 1. The van der Waals surface area contributed by atoms with E-state index in [1.165, 1.54) is 0 Å². The Labute approximate surface area is 180 Å². The molecule has 1 aliphatic rings. The molecule has 30 heavy (non-hydrogen) atoms. The number of carbonyl (C=O) groups excluding carboxylic acids is 1. The van der Waals surface area contributed by atoms with Crippen LogP contribution in [0.5, 0.6) is 11.5 Å². The van der Waals surface area contributed by atoms with Crippen molar-refractivity contribution in [3.63, 3.8) is 0 Å². The highest BCUT2D eigenvalue weighted by molar-refractivity contribution is 7.22. The Bertz CT molecular complexity index is 1010. The predicted octanol–water partition coefficient (Wildman–Crippen LogP) is 2.87. The third-order valence-electron chi connectivity index (χ3n) is 5.28. The second-order valence-electron chi connectivity index (χ2n) is 7.12. The zero-order chi connectivity index (χ0) is 20.9. The van der Waals surface area contributed by atoms with Gasteiger partial charge in [0.05, 0.1) is 18.9 Å². The van der Waals surface area contributed by atoms with E-state index >= 15 is 0 Å². The van der Waals surface area contributed by atoms with E-state index in [-0.39, 0.29) is 5.91 Å². The number of benzene rings is 2. The summed E-state index contributed by atoms with van der Waals surface area (Å²) < 4.78 is 11.8. The van der Waals surface area contributed by atoms with Gasteiger partial charge in [0.15, 0.2) is 5.13 Å². The number of nitrogens with one attached hydrogen (secondary N) is 1. The Kier molecular flexibility index (Phi) is 6.35. The number of piperazine rings is 1. The fraction of sp³-hybridized carbons (Fsp3) is 0.364. The molecule has 0 atom stereocenters. The SMILES string of the molecule is COc1cccc(C(=O)NCCN2CCN(c3nc4c(OC)cccc4s3)CC2)c1. The summed E-state index contributed by atoms with van der Waals surface area (Å²) in [5, 5.41) is 4.04. The van der Waals surface area contributed by atoms with Gasteiger partial charge in [-0.3, -0.25) is 9.69 Å². The molecule has 158 valence electrons. The lowest BCUT2D eigenvalue weighted by Gasteiger charge is -2.34. The predicted molar refractivity (Wildman–Crippen MR) is 120 cm³/mol. The highest BCUT2D eigenvalue weighted by Gasteiger charge is 2.20. The summed E-state index contributed by atoms with van der Waals surface area (Å²) in [6.45, 7) is 5.19. The molecule has 0 bridgehead atoms. The van der Waals surface area contributed by atoms with Crippen LogP contribution in [-0.2, 0) is 0 Å². The Hall–Kier alpha value is -2.84. The second-order valence-corrected chi connectivity index (χ2v) is 8.13. The summed E-state index contributed by atoms with van der Waals surface area (Å²) >= 11 is 1.71. The molecule has 1 saturated heterocycles. The number of fused-ring (bicyclic) bond motifs is 1. The maximum atomic E-state index is 12.3. The van der Waals surface area contributed by atoms with Crippen LogP contribution in [0.25, 0.3) is 10.2 Å². The normalized spacial score (nSPS) is 14.7. The molecular weight excluding hydrogens is 400 g/mol. The first kappa shape index (κ1) is 20.4. The van der Waals surface area contributed by atoms with E-state index in [1.54, 1.807) is 37.7 Å². The number of hydrogen-bond acceptors (Lipinski definition) is 7. The van der Waals surface area contributed by atoms with Crippen LogP contribution in [0, 0.1) is 0 Å². The van der Waals surface area contributed by atoms with Crippen LogP contribution in [0.1, 0.15) is 10.4 Å². The van der Waals surface area contributed by atoms with Crippen molar-refractivity contribution in [2.24, 2.45) is 0 Å². The standard InChI is InChI=1S/C22H26N4O3S/c1-28-17-6-3-5-16(15-17)21(27)23-9-10-25-11-13-26(14-12-25)22-24-20-18(29-2)7-4-8-19(20)30-22/h3-8,15H,9-14H2,1-2H3,(H,23,27). The van der Waals surface area contributed by atoms with Crippen molar-refractivity contribution in [2.45, 2.75) is 0 Å². The van der Waals surface area contributed by atoms with Crippen LogP contribution >= 0.6 is 11.3 Å². The second kappa shape index (κ2) is 9.32. The molecule has 7 nitrogen and oxygen atoms in total. The molecule has 1 fully saturated rings. The average molecular weight is 427 g/mol. The average Bonchev–Trinajstić information content (AvgIpc) is 3.24. The Balaban J connectivity index is 1.26. The number of aromatic nitrogens is 1. The van der Waals surface area contributed by atoms with E-state index in [9.17, 15) is 4.79 Å². The summed E-state index contributed by atoms with van der Waals surface area (Å²) in [4.78, 5) is 21.8. The molecular formula is C22H26N4O3S. The molecule has 1 aliphatic heterocycles.